The minimum atomic E-state index is -0.864. The van der Waals surface area contributed by atoms with Gasteiger partial charge in [0.1, 0.15) is 0 Å². The van der Waals surface area contributed by atoms with Crippen molar-refractivity contribution in [3.63, 3.8) is 0 Å². The number of imidazole rings is 1. The van der Waals surface area contributed by atoms with E-state index in [-0.39, 0.29) is 11.1 Å². The summed E-state index contributed by atoms with van der Waals surface area (Å²) in [5.74, 6) is -2.32. The number of hydrogen-bond acceptors (Lipinski definition) is 2. The minimum absolute atomic E-state index is 0.00656. The van der Waals surface area contributed by atoms with Gasteiger partial charge in [-0.05, 0) is 42.5 Å². The van der Waals surface area contributed by atoms with Gasteiger partial charge in [0.15, 0.2) is 22.4 Å². The van der Waals surface area contributed by atoms with E-state index in [1.165, 1.54) is 6.07 Å². The molecular formula is C16H13ClF3N3. The molecular weight excluding hydrogens is 327 g/mol. The first-order chi connectivity index (χ1) is 11.0. The van der Waals surface area contributed by atoms with E-state index in [1.807, 2.05) is 6.92 Å². The lowest BCUT2D eigenvalue weighted by Gasteiger charge is -2.13. The number of rotatable bonds is 4. The molecule has 0 saturated heterocycles. The maximum Gasteiger partial charge on any atom is 0.234 e. The van der Waals surface area contributed by atoms with Crippen LogP contribution in [0.3, 0.4) is 0 Å². The maximum atomic E-state index is 13.6. The van der Waals surface area contributed by atoms with Crippen LogP contribution in [-0.2, 0) is 6.42 Å². The van der Waals surface area contributed by atoms with Crippen molar-refractivity contribution in [3.05, 3.63) is 64.3 Å². The van der Waals surface area contributed by atoms with Gasteiger partial charge in [-0.3, -0.25) is 0 Å². The minimum Gasteiger partial charge on any atom is -0.232 e. The zero-order valence-electron chi connectivity index (χ0n) is 12.2. The molecule has 1 aromatic carbocycles. The Labute approximate surface area is 135 Å². The van der Waals surface area contributed by atoms with Crippen LogP contribution in [0.15, 0.2) is 30.5 Å². The molecule has 0 saturated carbocycles. The van der Waals surface area contributed by atoms with Crippen molar-refractivity contribution in [2.75, 3.05) is 0 Å². The topological polar surface area (TPSA) is 30.2 Å². The summed E-state index contributed by atoms with van der Waals surface area (Å²) in [6, 6.07) is 5.50. The quantitative estimate of drug-likeness (QED) is 0.698. The van der Waals surface area contributed by atoms with Crippen molar-refractivity contribution in [1.29, 1.82) is 0 Å². The average Bonchev–Trinajstić information content (AvgIpc) is 2.89. The zero-order valence-corrected chi connectivity index (χ0v) is 13.0. The monoisotopic (exact) mass is 339 g/mol. The largest absolute Gasteiger partial charge is 0.234 e. The van der Waals surface area contributed by atoms with Gasteiger partial charge in [-0.15, -0.1) is 0 Å². The van der Waals surface area contributed by atoms with Gasteiger partial charge in [0.25, 0.3) is 0 Å². The van der Waals surface area contributed by atoms with Gasteiger partial charge in [0, 0.05) is 5.56 Å². The third kappa shape index (κ3) is 3.17. The van der Waals surface area contributed by atoms with Crippen LogP contribution in [-0.4, -0.2) is 14.6 Å². The molecule has 1 atom stereocenters. The Kier molecular flexibility index (Phi) is 4.26. The molecule has 0 bridgehead atoms. The van der Waals surface area contributed by atoms with Gasteiger partial charge >= 0.3 is 0 Å². The fraction of sp³-hybridized carbons (Fsp3) is 0.250. The molecule has 7 heteroatoms. The second-order valence-electron chi connectivity index (χ2n) is 5.43. The number of halogens is 4. The molecule has 0 spiro atoms. The summed E-state index contributed by atoms with van der Waals surface area (Å²) in [5, 5.41) is 4.04. The molecule has 2 aromatic heterocycles. The Balaban J connectivity index is 1.83. The Hall–Kier alpha value is -2.08. The fourth-order valence-corrected chi connectivity index (χ4v) is 2.72. The molecule has 0 fully saturated rings. The molecule has 2 heterocycles. The highest BCUT2D eigenvalue weighted by molar-refractivity contribution is 6.29. The molecule has 23 heavy (non-hydrogen) atoms. The van der Waals surface area contributed by atoms with Gasteiger partial charge in [-0.25, -0.2) is 13.8 Å². The van der Waals surface area contributed by atoms with Crippen molar-refractivity contribution < 1.29 is 13.2 Å². The molecule has 0 radical (unpaired) electrons. The van der Waals surface area contributed by atoms with E-state index in [1.54, 1.807) is 12.1 Å². The van der Waals surface area contributed by atoms with Crippen molar-refractivity contribution in [3.8, 4) is 0 Å². The summed E-state index contributed by atoms with van der Waals surface area (Å²) >= 11 is 5.93. The van der Waals surface area contributed by atoms with Gasteiger partial charge < -0.3 is 0 Å². The molecule has 3 rings (SSSR count). The summed E-state index contributed by atoms with van der Waals surface area (Å²) < 4.78 is 40.8. The Bertz CT molecular complexity index is 863. The van der Waals surface area contributed by atoms with Crippen LogP contribution in [0, 0.1) is 17.6 Å². The van der Waals surface area contributed by atoms with Gasteiger partial charge in [-0.1, -0.05) is 24.6 Å². The molecule has 0 amide bonds. The lowest BCUT2D eigenvalue weighted by molar-refractivity contribution is 0.506. The molecule has 0 aliphatic carbocycles. The highest BCUT2D eigenvalue weighted by Crippen LogP contribution is 2.27. The van der Waals surface area contributed by atoms with Crippen molar-refractivity contribution in [2.24, 2.45) is 0 Å². The van der Waals surface area contributed by atoms with Crippen LogP contribution >= 0.6 is 11.6 Å². The van der Waals surface area contributed by atoms with E-state index in [4.69, 9.17) is 11.6 Å². The molecule has 0 N–H and O–H groups in total. The van der Waals surface area contributed by atoms with Gasteiger partial charge in [-0.2, -0.15) is 14.0 Å². The molecule has 0 aliphatic rings. The summed E-state index contributed by atoms with van der Waals surface area (Å²) in [4.78, 5) is 4.02. The summed E-state index contributed by atoms with van der Waals surface area (Å²) in [5.41, 5.74) is 1.86. The standard InChI is InChI=1S/C16H13ClF3N3/c1-9(2-3-10-4-5-12(18)13(19)6-10)11-7-14(17)22-23-15(20)8-21-16(11)23/h4-9H,2-3H2,1H3/t9-/m1/s1. The third-order valence-corrected chi connectivity index (χ3v) is 3.99. The highest BCUT2D eigenvalue weighted by Gasteiger charge is 2.16. The van der Waals surface area contributed by atoms with E-state index < -0.39 is 17.6 Å². The summed E-state index contributed by atoms with van der Waals surface area (Å²) in [6.07, 6.45) is 2.29. The molecule has 0 unspecified atom stereocenters. The third-order valence-electron chi connectivity index (χ3n) is 3.81. The Morgan fingerprint density at radius 1 is 1.17 bits per heavy atom. The van der Waals surface area contributed by atoms with Crippen LogP contribution in [0.2, 0.25) is 5.15 Å². The second-order valence-corrected chi connectivity index (χ2v) is 5.81. The number of fused-ring (bicyclic) bond motifs is 1. The number of benzene rings is 1. The first kappa shape index (κ1) is 15.8. The highest BCUT2D eigenvalue weighted by atomic mass is 35.5. The van der Waals surface area contributed by atoms with Crippen LogP contribution in [0.4, 0.5) is 13.2 Å². The predicted octanol–water partition coefficient (Wildman–Crippen LogP) is 4.54. The van der Waals surface area contributed by atoms with Crippen LogP contribution < -0.4 is 0 Å². The average molecular weight is 340 g/mol. The zero-order chi connectivity index (χ0) is 16.6. The summed E-state index contributed by atoms with van der Waals surface area (Å²) in [7, 11) is 0. The smallest absolute Gasteiger partial charge is 0.232 e. The second kappa shape index (κ2) is 6.20. The van der Waals surface area contributed by atoms with E-state index in [2.05, 4.69) is 10.1 Å². The molecule has 3 aromatic rings. The van der Waals surface area contributed by atoms with E-state index >= 15 is 0 Å². The van der Waals surface area contributed by atoms with Crippen molar-refractivity contribution in [1.82, 2.24) is 14.6 Å². The van der Waals surface area contributed by atoms with Crippen LogP contribution in [0.25, 0.3) is 5.65 Å². The van der Waals surface area contributed by atoms with E-state index in [0.717, 1.165) is 22.3 Å². The Morgan fingerprint density at radius 3 is 2.70 bits per heavy atom. The number of aryl methyl sites for hydroxylation is 1. The molecule has 0 aliphatic heterocycles. The maximum absolute atomic E-state index is 13.6. The number of hydrogen-bond donors (Lipinski definition) is 0. The normalized spacial score (nSPS) is 12.7. The SMILES string of the molecule is C[C@H](CCc1ccc(F)c(F)c1)c1cc(Cl)nn2c(F)cnc12. The first-order valence-corrected chi connectivity index (χ1v) is 7.47. The van der Waals surface area contributed by atoms with Crippen molar-refractivity contribution >= 4 is 17.2 Å². The first-order valence-electron chi connectivity index (χ1n) is 7.09. The molecule has 3 nitrogen and oxygen atoms in total. The number of nitrogens with zero attached hydrogens (tertiary/aromatic N) is 3. The van der Waals surface area contributed by atoms with E-state index in [0.29, 0.717) is 24.1 Å². The predicted molar refractivity (Wildman–Crippen MR) is 81.0 cm³/mol. The summed E-state index contributed by atoms with van der Waals surface area (Å²) in [6.45, 7) is 1.94. The van der Waals surface area contributed by atoms with Gasteiger partial charge in [0.05, 0.1) is 6.20 Å². The molecule has 120 valence electrons. The fourth-order valence-electron chi connectivity index (χ4n) is 2.53. The van der Waals surface area contributed by atoms with Crippen LogP contribution in [0.5, 0.6) is 0 Å². The van der Waals surface area contributed by atoms with Crippen LogP contribution in [0.1, 0.15) is 30.4 Å². The van der Waals surface area contributed by atoms with E-state index in [9.17, 15) is 13.2 Å². The van der Waals surface area contributed by atoms with Gasteiger partial charge in [0.2, 0.25) is 5.95 Å². The Morgan fingerprint density at radius 2 is 1.96 bits per heavy atom. The van der Waals surface area contributed by atoms with Crippen molar-refractivity contribution in [2.45, 2.75) is 25.7 Å². The lowest BCUT2D eigenvalue weighted by Crippen LogP contribution is -2.04. The number of aromatic nitrogens is 3. The lowest BCUT2D eigenvalue weighted by atomic mass is 9.95.